The predicted octanol–water partition coefficient (Wildman–Crippen LogP) is 3.37. The average molecular weight is 368 g/mol. The summed E-state index contributed by atoms with van der Waals surface area (Å²) in [4.78, 5) is 27.5. The van der Waals surface area contributed by atoms with Crippen LogP contribution >= 0.6 is 0 Å². The molecule has 1 N–H and O–H groups in total. The van der Waals surface area contributed by atoms with Crippen LogP contribution in [0, 0.1) is 6.92 Å². The number of anilines is 1. The van der Waals surface area contributed by atoms with Crippen molar-refractivity contribution in [2.75, 3.05) is 19.0 Å². The van der Waals surface area contributed by atoms with Gasteiger partial charge in [-0.25, -0.2) is 9.78 Å². The fourth-order valence-corrected chi connectivity index (χ4v) is 2.07. The maximum atomic E-state index is 12.4. The first kappa shape index (κ1) is 19.2. The molecule has 1 aromatic carbocycles. The van der Waals surface area contributed by atoms with Crippen LogP contribution < -0.4 is 10.1 Å². The largest absolute Gasteiger partial charge is 0.467 e. The molecule has 1 amide bonds. The van der Waals surface area contributed by atoms with Crippen molar-refractivity contribution in [3.8, 4) is 5.88 Å². The summed E-state index contributed by atoms with van der Waals surface area (Å²) in [6.45, 7) is 0.101. The number of hydrogen-bond acceptors (Lipinski definition) is 5. The monoisotopic (exact) mass is 368 g/mol. The third kappa shape index (κ3) is 4.95. The van der Waals surface area contributed by atoms with Crippen molar-refractivity contribution in [2.45, 2.75) is 13.1 Å². The molecular weight excluding hydrogens is 353 g/mol. The van der Waals surface area contributed by atoms with Gasteiger partial charge in [0.2, 0.25) is 5.88 Å². The Balaban J connectivity index is 2.19. The quantitative estimate of drug-likeness (QED) is 0.819. The summed E-state index contributed by atoms with van der Waals surface area (Å²) in [5.41, 5.74) is 1.11. The second-order valence-corrected chi connectivity index (χ2v) is 5.24. The van der Waals surface area contributed by atoms with E-state index in [4.69, 9.17) is 0 Å². The van der Waals surface area contributed by atoms with Crippen molar-refractivity contribution in [3.05, 3.63) is 53.2 Å². The number of rotatable bonds is 5. The lowest BCUT2D eigenvalue weighted by Gasteiger charge is -2.13. The highest BCUT2D eigenvalue weighted by Crippen LogP contribution is 2.22. The Morgan fingerprint density at radius 2 is 1.96 bits per heavy atom. The molecule has 0 atom stereocenters. The average Bonchev–Trinajstić information content (AvgIpc) is 2.60. The molecule has 0 aliphatic carbocycles. The molecule has 6 nitrogen and oxygen atoms in total. The summed E-state index contributed by atoms with van der Waals surface area (Å²) in [7, 11) is 1.25. The molecule has 0 spiro atoms. The topological polar surface area (TPSA) is 77.5 Å². The number of carbonyl (C=O) groups is 2. The molecule has 0 aliphatic rings. The smallest absolute Gasteiger partial charge is 0.422 e. The minimum absolute atomic E-state index is 0.145. The van der Waals surface area contributed by atoms with E-state index in [0.717, 1.165) is 0 Å². The van der Waals surface area contributed by atoms with Gasteiger partial charge in [-0.15, -0.1) is 0 Å². The zero-order chi connectivity index (χ0) is 19.3. The van der Waals surface area contributed by atoms with Crippen molar-refractivity contribution in [3.63, 3.8) is 0 Å². The molecule has 0 saturated carbocycles. The van der Waals surface area contributed by atoms with Gasteiger partial charge in [-0.3, -0.25) is 4.79 Å². The molecule has 9 heteroatoms. The van der Waals surface area contributed by atoms with Crippen LogP contribution in [0.1, 0.15) is 26.3 Å². The van der Waals surface area contributed by atoms with Crippen LogP contribution in [0.15, 0.2) is 36.5 Å². The highest BCUT2D eigenvalue weighted by molar-refractivity contribution is 6.06. The van der Waals surface area contributed by atoms with E-state index in [-0.39, 0.29) is 5.56 Å². The van der Waals surface area contributed by atoms with E-state index in [1.54, 1.807) is 6.92 Å². The molecule has 0 aliphatic heterocycles. The Kier molecular flexibility index (Phi) is 5.81. The summed E-state index contributed by atoms with van der Waals surface area (Å²) in [5.74, 6) is -1.64. The van der Waals surface area contributed by atoms with Gasteiger partial charge in [0.25, 0.3) is 5.91 Å². The Bertz CT molecular complexity index is 822. The number of amides is 1. The van der Waals surface area contributed by atoms with E-state index >= 15 is 0 Å². The Hall–Kier alpha value is -3.10. The van der Waals surface area contributed by atoms with Gasteiger partial charge in [0.15, 0.2) is 6.61 Å². The van der Waals surface area contributed by atoms with E-state index in [9.17, 15) is 22.8 Å². The number of halogens is 3. The van der Waals surface area contributed by atoms with Crippen LogP contribution in [0.3, 0.4) is 0 Å². The SMILES string of the molecule is COC(=O)c1ccc(NC(=O)c2cccnc2OCC(F)(F)F)c(C)c1. The lowest BCUT2D eigenvalue weighted by molar-refractivity contribution is -0.154. The maximum Gasteiger partial charge on any atom is 0.422 e. The van der Waals surface area contributed by atoms with E-state index in [2.05, 4.69) is 19.8 Å². The number of benzene rings is 1. The molecule has 0 saturated heterocycles. The number of nitrogens with zero attached hydrogens (tertiary/aromatic N) is 1. The van der Waals surface area contributed by atoms with E-state index in [0.29, 0.717) is 16.8 Å². The molecule has 0 fully saturated rings. The number of methoxy groups -OCH3 is 1. The van der Waals surface area contributed by atoms with Crippen LogP contribution in [0.25, 0.3) is 0 Å². The summed E-state index contributed by atoms with van der Waals surface area (Å²) in [5, 5.41) is 2.56. The predicted molar refractivity (Wildman–Crippen MR) is 86.3 cm³/mol. The van der Waals surface area contributed by atoms with Crippen molar-refractivity contribution < 1.29 is 32.2 Å². The van der Waals surface area contributed by atoms with Gasteiger partial charge in [0, 0.05) is 11.9 Å². The van der Waals surface area contributed by atoms with Crippen molar-refractivity contribution in [2.24, 2.45) is 0 Å². The Morgan fingerprint density at radius 3 is 2.58 bits per heavy atom. The Morgan fingerprint density at radius 1 is 1.23 bits per heavy atom. The molecule has 2 aromatic rings. The number of hydrogen-bond donors (Lipinski definition) is 1. The summed E-state index contributed by atoms with van der Waals surface area (Å²) >= 11 is 0. The number of alkyl halides is 3. The van der Waals surface area contributed by atoms with Crippen LogP contribution in [-0.2, 0) is 4.74 Å². The highest BCUT2D eigenvalue weighted by Gasteiger charge is 2.29. The van der Waals surface area contributed by atoms with Gasteiger partial charge in [-0.1, -0.05) is 0 Å². The second kappa shape index (κ2) is 7.85. The lowest BCUT2D eigenvalue weighted by atomic mass is 10.1. The molecule has 0 radical (unpaired) electrons. The third-order valence-electron chi connectivity index (χ3n) is 3.28. The highest BCUT2D eigenvalue weighted by atomic mass is 19.4. The van der Waals surface area contributed by atoms with Crippen molar-refractivity contribution >= 4 is 17.6 Å². The standard InChI is InChI=1S/C17H15F3N2O4/c1-10-8-11(16(24)25-2)5-6-13(10)22-14(23)12-4-3-7-21-15(12)26-9-17(18,19)20/h3-8H,9H2,1-2H3,(H,22,23). The minimum Gasteiger partial charge on any atom is -0.467 e. The zero-order valence-corrected chi connectivity index (χ0v) is 13.9. The molecule has 1 aromatic heterocycles. The maximum absolute atomic E-state index is 12.4. The fourth-order valence-electron chi connectivity index (χ4n) is 2.07. The van der Waals surface area contributed by atoms with Gasteiger partial charge in [-0.2, -0.15) is 13.2 Å². The number of pyridine rings is 1. The zero-order valence-electron chi connectivity index (χ0n) is 13.9. The number of aromatic nitrogens is 1. The van der Waals surface area contributed by atoms with E-state index < -0.39 is 30.5 Å². The molecule has 0 bridgehead atoms. The summed E-state index contributed by atoms with van der Waals surface area (Å²) in [6.07, 6.45) is -3.33. The van der Waals surface area contributed by atoms with E-state index in [1.807, 2.05) is 0 Å². The fraction of sp³-hybridized carbons (Fsp3) is 0.235. The first-order chi connectivity index (χ1) is 12.2. The minimum atomic E-state index is -4.55. The van der Waals surface area contributed by atoms with Crippen molar-refractivity contribution in [1.29, 1.82) is 0 Å². The number of ether oxygens (including phenoxy) is 2. The number of carbonyl (C=O) groups excluding carboxylic acids is 2. The van der Waals surface area contributed by atoms with Crippen LogP contribution in [0.2, 0.25) is 0 Å². The Labute approximate surface area is 146 Å². The third-order valence-corrected chi connectivity index (χ3v) is 3.28. The number of aryl methyl sites for hydroxylation is 1. The summed E-state index contributed by atoms with van der Waals surface area (Å²) < 4.78 is 46.2. The van der Waals surface area contributed by atoms with Gasteiger partial charge in [0.1, 0.15) is 5.56 Å². The summed E-state index contributed by atoms with van der Waals surface area (Å²) in [6, 6.07) is 7.17. The molecule has 1 heterocycles. The molecular formula is C17H15F3N2O4. The van der Waals surface area contributed by atoms with Crippen LogP contribution in [0.5, 0.6) is 5.88 Å². The molecule has 2 rings (SSSR count). The van der Waals surface area contributed by atoms with Gasteiger partial charge in [-0.05, 0) is 42.8 Å². The first-order valence-corrected chi connectivity index (χ1v) is 7.36. The molecule has 26 heavy (non-hydrogen) atoms. The van der Waals surface area contributed by atoms with Gasteiger partial charge < -0.3 is 14.8 Å². The van der Waals surface area contributed by atoms with Crippen LogP contribution in [0.4, 0.5) is 18.9 Å². The van der Waals surface area contributed by atoms with Gasteiger partial charge in [0.05, 0.1) is 12.7 Å². The normalized spacial score (nSPS) is 11.0. The van der Waals surface area contributed by atoms with Crippen molar-refractivity contribution in [1.82, 2.24) is 4.98 Å². The lowest BCUT2D eigenvalue weighted by Crippen LogP contribution is -2.22. The number of nitrogens with one attached hydrogen (secondary N) is 1. The first-order valence-electron chi connectivity index (χ1n) is 7.36. The second-order valence-electron chi connectivity index (χ2n) is 5.24. The number of esters is 1. The van der Waals surface area contributed by atoms with Crippen LogP contribution in [-0.4, -0.2) is 36.8 Å². The molecule has 0 unspecified atom stereocenters. The van der Waals surface area contributed by atoms with E-state index in [1.165, 1.54) is 43.6 Å². The molecule has 138 valence electrons. The van der Waals surface area contributed by atoms with Gasteiger partial charge >= 0.3 is 12.1 Å².